The summed E-state index contributed by atoms with van der Waals surface area (Å²) in [6.07, 6.45) is 1.68. The number of rotatable bonds is 5. The van der Waals surface area contributed by atoms with E-state index >= 15 is 0 Å². The summed E-state index contributed by atoms with van der Waals surface area (Å²) in [4.78, 5) is 12.2. The molecule has 1 N–H and O–H groups in total. The number of hydrogen-bond donors (Lipinski definition) is 1. The van der Waals surface area contributed by atoms with Gasteiger partial charge in [0, 0.05) is 28.2 Å². The molecular weight excluding hydrogens is 350 g/mol. The zero-order valence-electron chi connectivity index (χ0n) is 16.9. The molecular formula is C23H25N3O2. The Kier molecular flexibility index (Phi) is 5.64. The van der Waals surface area contributed by atoms with Crippen LogP contribution in [0.25, 0.3) is 5.69 Å². The molecule has 0 spiro atoms. The first-order valence-electron chi connectivity index (χ1n) is 9.14. The molecule has 0 saturated heterocycles. The lowest BCUT2D eigenvalue weighted by molar-refractivity contribution is 0.0955. The lowest BCUT2D eigenvalue weighted by atomic mass is 10.1. The second-order valence-electron chi connectivity index (χ2n) is 6.88. The van der Waals surface area contributed by atoms with Crippen molar-refractivity contribution in [2.75, 3.05) is 7.11 Å². The van der Waals surface area contributed by atoms with Crippen molar-refractivity contribution in [1.82, 2.24) is 9.99 Å². The third kappa shape index (κ3) is 3.98. The maximum absolute atomic E-state index is 12.2. The van der Waals surface area contributed by atoms with Gasteiger partial charge in [0.05, 0.1) is 13.3 Å². The Morgan fingerprint density at radius 1 is 1.04 bits per heavy atom. The molecule has 5 nitrogen and oxygen atoms in total. The van der Waals surface area contributed by atoms with E-state index in [9.17, 15) is 4.79 Å². The minimum Gasteiger partial charge on any atom is -0.497 e. The summed E-state index contributed by atoms with van der Waals surface area (Å²) < 4.78 is 7.31. The normalized spacial score (nSPS) is 11.0. The number of amides is 1. The Morgan fingerprint density at radius 3 is 2.39 bits per heavy atom. The van der Waals surface area contributed by atoms with E-state index in [0.717, 1.165) is 22.6 Å². The van der Waals surface area contributed by atoms with Crippen molar-refractivity contribution >= 4 is 12.1 Å². The van der Waals surface area contributed by atoms with Crippen LogP contribution < -0.4 is 10.2 Å². The number of hydrogen-bond acceptors (Lipinski definition) is 3. The third-order valence-electron chi connectivity index (χ3n) is 4.79. The summed E-state index contributed by atoms with van der Waals surface area (Å²) in [5, 5.41) is 4.14. The van der Waals surface area contributed by atoms with Crippen molar-refractivity contribution < 1.29 is 9.53 Å². The molecule has 1 aromatic heterocycles. The highest BCUT2D eigenvalue weighted by Gasteiger charge is 2.11. The molecule has 5 heteroatoms. The second-order valence-corrected chi connectivity index (χ2v) is 6.88. The van der Waals surface area contributed by atoms with Gasteiger partial charge in [-0.1, -0.05) is 17.7 Å². The van der Waals surface area contributed by atoms with Gasteiger partial charge in [0.25, 0.3) is 5.91 Å². The molecule has 0 bridgehead atoms. The fraction of sp³-hybridized carbons (Fsp3) is 0.217. The lowest BCUT2D eigenvalue weighted by Gasteiger charge is -2.13. The van der Waals surface area contributed by atoms with Crippen LogP contribution in [0.1, 0.15) is 38.4 Å². The first kappa shape index (κ1) is 19.4. The highest BCUT2D eigenvalue weighted by Crippen LogP contribution is 2.23. The molecule has 0 atom stereocenters. The largest absolute Gasteiger partial charge is 0.497 e. The number of aromatic nitrogens is 1. The van der Waals surface area contributed by atoms with Gasteiger partial charge in [-0.15, -0.1) is 0 Å². The fourth-order valence-electron chi connectivity index (χ4n) is 3.31. The van der Waals surface area contributed by atoms with Crippen LogP contribution in [0.5, 0.6) is 5.75 Å². The highest BCUT2D eigenvalue weighted by atomic mass is 16.5. The van der Waals surface area contributed by atoms with E-state index in [1.54, 1.807) is 37.6 Å². The monoisotopic (exact) mass is 375 g/mol. The Balaban J connectivity index is 1.78. The van der Waals surface area contributed by atoms with E-state index in [1.807, 2.05) is 0 Å². The molecule has 0 unspecified atom stereocenters. The first-order chi connectivity index (χ1) is 13.4. The van der Waals surface area contributed by atoms with Crippen LogP contribution in [0, 0.1) is 27.7 Å². The highest BCUT2D eigenvalue weighted by molar-refractivity contribution is 5.95. The minimum atomic E-state index is -0.262. The number of nitrogens with one attached hydrogen (secondary N) is 1. The van der Waals surface area contributed by atoms with Crippen LogP contribution in [-0.4, -0.2) is 23.8 Å². The molecule has 1 amide bonds. The summed E-state index contributed by atoms with van der Waals surface area (Å²) in [6, 6.07) is 15.4. The fourth-order valence-corrected chi connectivity index (χ4v) is 3.31. The van der Waals surface area contributed by atoms with Crippen LogP contribution in [-0.2, 0) is 0 Å². The number of benzene rings is 2. The van der Waals surface area contributed by atoms with E-state index in [4.69, 9.17) is 4.74 Å². The van der Waals surface area contributed by atoms with Gasteiger partial charge in [-0.2, -0.15) is 5.10 Å². The van der Waals surface area contributed by atoms with Gasteiger partial charge >= 0.3 is 0 Å². The minimum absolute atomic E-state index is 0.262. The average Bonchev–Trinajstić information content (AvgIpc) is 2.95. The SMILES string of the molecule is COc1ccc(C(=O)N/N=C/c2cc(C)n(-c3ccc(C)cc3C)c2C)cc1. The van der Waals surface area contributed by atoms with Gasteiger partial charge in [0.1, 0.15) is 5.75 Å². The average molecular weight is 375 g/mol. The van der Waals surface area contributed by atoms with Crippen LogP contribution in [0.3, 0.4) is 0 Å². The van der Waals surface area contributed by atoms with Crippen molar-refractivity contribution in [3.05, 3.63) is 82.2 Å². The topological polar surface area (TPSA) is 55.6 Å². The van der Waals surface area contributed by atoms with Gasteiger partial charge in [-0.25, -0.2) is 5.43 Å². The molecule has 0 fully saturated rings. The number of ether oxygens (including phenoxy) is 1. The molecule has 1 heterocycles. The van der Waals surface area contributed by atoms with Gasteiger partial charge in [0.2, 0.25) is 0 Å². The third-order valence-corrected chi connectivity index (χ3v) is 4.79. The molecule has 3 aromatic rings. The number of aryl methyl sites for hydroxylation is 3. The zero-order chi connectivity index (χ0) is 20.3. The second kappa shape index (κ2) is 8.13. The number of methoxy groups -OCH3 is 1. The number of hydrazone groups is 1. The summed E-state index contributed by atoms with van der Waals surface area (Å²) in [5.74, 6) is 0.445. The molecule has 144 valence electrons. The Morgan fingerprint density at radius 2 is 1.75 bits per heavy atom. The molecule has 0 radical (unpaired) electrons. The molecule has 3 rings (SSSR count). The summed E-state index contributed by atoms with van der Waals surface area (Å²) in [6.45, 7) is 8.33. The Hall–Kier alpha value is -3.34. The summed E-state index contributed by atoms with van der Waals surface area (Å²) in [7, 11) is 1.59. The molecule has 2 aromatic carbocycles. The smallest absolute Gasteiger partial charge is 0.271 e. The number of carbonyl (C=O) groups is 1. The van der Waals surface area contributed by atoms with Crippen molar-refractivity contribution in [3.63, 3.8) is 0 Å². The number of nitrogens with zero attached hydrogens (tertiary/aromatic N) is 2. The van der Waals surface area contributed by atoms with Crippen LogP contribution in [0.4, 0.5) is 0 Å². The van der Waals surface area contributed by atoms with E-state index in [-0.39, 0.29) is 5.91 Å². The summed E-state index contributed by atoms with van der Waals surface area (Å²) >= 11 is 0. The van der Waals surface area contributed by atoms with Crippen LogP contribution in [0.15, 0.2) is 53.6 Å². The molecule has 0 aliphatic heterocycles. The van der Waals surface area contributed by atoms with E-state index < -0.39 is 0 Å². The van der Waals surface area contributed by atoms with Gasteiger partial charge < -0.3 is 9.30 Å². The number of carbonyl (C=O) groups excluding carboxylic acids is 1. The van der Waals surface area contributed by atoms with Crippen molar-refractivity contribution in [1.29, 1.82) is 0 Å². The van der Waals surface area contributed by atoms with E-state index in [0.29, 0.717) is 11.3 Å². The zero-order valence-corrected chi connectivity index (χ0v) is 16.9. The summed E-state index contributed by atoms with van der Waals surface area (Å²) in [5.41, 5.74) is 9.88. The standard InChI is InChI=1S/C23H25N3O2/c1-15-6-11-22(16(2)12-15)26-17(3)13-20(18(26)4)14-24-25-23(27)19-7-9-21(28-5)10-8-19/h6-14H,1-5H3,(H,25,27)/b24-14+. The quantitative estimate of drug-likeness (QED) is 0.528. The van der Waals surface area contributed by atoms with Gasteiger partial charge in [-0.3, -0.25) is 4.79 Å². The van der Waals surface area contributed by atoms with Gasteiger partial charge in [-0.05, 0) is 69.7 Å². The Bertz CT molecular complexity index is 1030. The maximum Gasteiger partial charge on any atom is 0.271 e. The van der Waals surface area contributed by atoms with Crippen LogP contribution >= 0.6 is 0 Å². The van der Waals surface area contributed by atoms with Crippen molar-refractivity contribution in [2.45, 2.75) is 27.7 Å². The Labute approximate surface area is 165 Å². The molecule has 0 aliphatic carbocycles. The molecule has 0 aliphatic rings. The lowest BCUT2D eigenvalue weighted by Crippen LogP contribution is -2.17. The van der Waals surface area contributed by atoms with Crippen LogP contribution in [0.2, 0.25) is 0 Å². The van der Waals surface area contributed by atoms with Crippen molar-refractivity contribution in [2.24, 2.45) is 5.10 Å². The van der Waals surface area contributed by atoms with E-state index in [1.165, 1.54) is 11.1 Å². The predicted octanol–water partition coefficient (Wildman–Crippen LogP) is 4.48. The first-order valence-corrected chi connectivity index (χ1v) is 9.14. The molecule has 28 heavy (non-hydrogen) atoms. The van der Waals surface area contributed by atoms with Crippen molar-refractivity contribution in [3.8, 4) is 11.4 Å². The predicted molar refractivity (Wildman–Crippen MR) is 113 cm³/mol. The van der Waals surface area contributed by atoms with E-state index in [2.05, 4.69) is 67.1 Å². The van der Waals surface area contributed by atoms with Gasteiger partial charge in [0.15, 0.2) is 0 Å². The maximum atomic E-state index is 12.2. The molecule has 0 saturated carbocycles.